The predicted octanol–water partition coefficient (Wildman–Crippen LogP) is 6.52. The maximum absolute atomic E-state index is 12.8. The minimum absolute atomic E-state index is 0. The van der Waals surface area contributed by atoms with Gasteiger partial charge in [0.25, 0.3) is 0 Å². The summed E-state index contributed by atoms with van der Waals surface area (Å²) in [5.41, 5.74) is 1.89. The first-order chi connectivity index (χ1) is 22.0. The molecule has 4 nitrogen and oxygen atoms in total. The third kappa shape index (κ3) is 22.5. The molecule has 0 aromatic heterocycles. The van der Waals surface area contributed by atoms with Gasteiger partial charge in [0.2, 0.25) is 0 Å². The van der Waals surface area contributed by atoms with E-state index >= 15 is 0 Å². The van der Waals surface area contributed by atoms with Gasteiger partial charge in [-0.3, -0.25) is 0 Å². The molecule has 0 fully saturated rings. The number of hydrogen-bond donors (Lipinski definition) is 1. The molecule has 2 unspecified atom stereocenters. The summed E-state index contributed by atoms with van der Waals surface area (Å²) < 4.78 is 31.3. The van der Waals surface area contributed by atoms with Crippen LogP contribution in [0.4, 0.5) is 0 Å². The van der Waals surface area contributed by atoms with Crippen LogP contribution >= 0.6 is 47.8 Å². The van der Waals surface area contributed by atoms with Gasteiger partial charge in [-0.1, -0.05) is 122 Å². The fourth-order valence-corrected chi connectivity index (χ4v) is 6.38. The van der Waals surface area contributed by atoms with Crippen molar-refractivity contribution in [1.29, 1.82) is 0 Å². The maximum Gasteiger partial charge on any atom is 1.00 e. The van der Waals surface area contributed by atoms with Gasteiger partial charge in [0, 0.05) is 42.8 Å². The molecule has 0 aliphatic heterocycles. The molecule has 258 valence electrons. The van der Waals surface area contributed by atoms with E-state index in [1.807, 2.05) is 94.4 Å². The second-order valence-corrected chi connectivity index (χ2v) is 18.8. The van der Waals surface area contributed by atoms with Crippen molar-refractivity contribution in [2.24, 2.45) is 0 Å². The topological polar surface area (TPSA) is 61.4 Å². The van der Waals surface area contributed by atoms with Crippen molar-refractivity contribution in [3.8, 4) is 48.4 Å². The fraction of sp³-hybridized carbons (Fsp3) is 0.474. The molecule has 0 spiro atoms. The predicted molar refractivity (Wildman–Crippen MR) is 218 cm³/mol. The summed E-state index contributed by atoms with van der Waals surface area (Å²) in [5.74, 6) is 17.8. The summed E-state index contributed by atoms with van der Waals surface area (Å²) >= 11 is 7.61. The van der Waals surface area contributed by atoms with Crippen molar-refractivity contribution in [3.05, 3.63) is 68.6 Å². The van der Waals surface area contributed by atoms with Gasteiger partial charge in [-0.15, -0.1) is 21.9 Å². The molecule has 0 aliphatic rings. The van der Waals surface area contributed by atoms with Crippen LogP contribution < -0.4 is 34.3 Å². The zero-order valence-corrected chi connectivity index (χ0v) is 38.3. The zero-order valence-electron chi connectivity index (χ0n) is 30.9. The molecule has 2 rings (SSSR count). The smallest absolute Gasteiger partial charge is 1.00 e. The van der Waals surface area contributed by atoms with Crippen LogP contribution in [-0.2, 0) is 22.7 Å². The van der Waals surface area contributed by atoms with E-state index in [-0.39, 0.29) is 52.6 Å². The standard InChI is InChI=1S/C19H24BrNOS.C16H22BrNOS.C3H3Br.Na.H/c1-6-9-18(13-12-16-10-8-11-17(20)15-16)21(14-7-2)23(22)19(3,4)5;1-5-7-15(18-20(19)16(2,3)4)11-10-13-8-6-9-14(17)12-13;1-2-3-4;;/h2,8,10-11,15,18H,6,9,14H2,1,3-5H3;6,8-9,12,15,18H,5,7H2,1-4H3;1H,3H2;;/q;;;+1;-1/t18-,23?;15-,20?;;;/m11.../s1. The Morgan fingerprint density at radius 2 is 1.31 bits per heavy atom. The van der Waals surface area contributed by atoms with Crippen molar-refractivity contribution < 1.29 is 40.1 Å². The third-order valence-electron chi connectivity index (χ3n) is 5.78. The Hall–Kier alpha value is -0.340. The van der Waals surface area contributed by atoms with Crippen molar-refractivity contribution in [3.63, 3.8) is 0 Å². The van der Waals surface area contributed by atoms with Crippen LogP contribution in [0.1, 0.15) is 93.6 Å². The summed E-state index contributed by atoms with van der Waals surface area (Å²) in [7, 11) is 0. The number of hydrogen-bond acceptors (Lipinski definition) is 4. The molecule has 0 bridgehead atoms. The average Bonchev–Trinajstić information content (AvgIpc) is 3.00. The Kier molecular flexibility index (Phi) is 28.3. The molecule has 4 atom stereocenters. The second-order valence-electron chi connectivity index (χ2n) is 12.2. The summed E-state index contributed by atoms with van der Waals surface area (Å²) in [4.78, 5) is 0. The van der Waals surface area contributed by atoms with Crippen LogP contribution in [-0.4, -0.2) is 46.9 Å². The van der Waals surface area contributed by atoms with Gasteiger partial charge in [0.05, 0.1) is 5.33 Å². The summed E-state index contributed by atoms with van der Waals surface area (Å²) in [6.45, 7) is 16.3. The molecule has 1 N–H and O–H groups in total. The van der Waals surface area contributed by atoms with E-state index in [0.717, 1.165) is 45.8 Å². The molecule has 0 heterocycles. The van der Waals surface area contributed by atoms with Gasteiger partial charge < -0.3 is 10.5 Å². The Morgan fingerprint density at radius 1 is 0.833 bits per heavy atom. The van der Waals surface area contributed by atoms with Crippen LogP contribution in [0.15, 0.2) is 57.5 Å². The number of halogens is 3. The van der Waals surface area contributed by atoms with Gasteiger partial charge in [-0.05, 0) is 90.8 Å². The van der Waals surface area contributed by atoms with Gasteiger partial charge >= 0.3 is 29.6 Å². The summed E-state index contributed by atoms with van der Waals surface area (Å²) in [6.07, 6.45) is 13.9. The third-order valence-corrected chi connectivity index (χ3v) is 10.6. The van der Waals surface area contributed by atoms with Crippen LogP contribution in [0.25, 0.3) is 0 Å². The van der Waals surface area contributed by atoms with Crippen molar-refractivity contribution in [2.75, 3.05) is 11.9 Å². The van der Waals surface area contributed by atoms with Crippen LogP contribution in [0.2, 0.25) is 0 Å². The Labute approximate surface area is 347 Å². The zero-order chi connectivity index (χ0) is 36.0. The van der Waals surface area contributed by atoms with Crippen molar-refractivity contribution in [2.45, 2.75) is 103 Å². The van der Waals surface area contributed by atoms with E-state index in [2.05, 4.69) is 102 Å². The van der Waals surface area contributed by atoms with E-state index in [1.165, 1.54) is 0 Å². The monoisotopic (exact) mass is 890 g/mol. The molecule has 2 aromatic carbocycles. The number of rotatable bonds is 9. The SMILES string of the molecule is C#CCBr.C#CCN([C@@H](C#Cc1cccc(Br)c1)CCC)[S+]([O-])C(C)(C)C.CCC[C@H](C#Cc1cccc(Br)c1)N[S+]([O-])C(C)(C)C.[H-].[Na+]. The number of nitrogens with one attached hydrogen (secondary N) is 1. The Bertz CT molecular complexity index is 1420. The number of nitrogens with zero attached hydrogens (tertiary/aromatic N) is 1. The first kappa shape index (κ1) is 49.8. The second kappa shape index (κ2) is 27.3. The fourth-order valence-electron chi connectivity index (χ4n) is 3.51. The average molecular weight is 894 g/mol. The first-order valence-electron chi connectivity index (χ1n) is 15.4. The van der Waals surface area contributed by atoms with Crippen LogP contribution in [0.3, 0.4) is 0 Å². The van der Waals surface area contributed by atoms with E-state index in [4.69, 9.17) is 12.8 Å². The van der Waals surface area contributed by atoms with Gasteiger partial charge in [-0.25, -0.2) is 0 Å². The molecular weight excluding hydrogens is 843 g/mol. The van der Waals surface area contributed by atoms with Crippen molar-refractivity contribution >= 4 is 70.5 Å². The van der Waals surface area contributed by atoms with Crippen LogP contribution in [0, 0.1) is 48.4 Å². The van der Waals surface area contributed by atoms with Gasteiger partial charge in [-0.2, -0.15) is 0 Å². The van der Waals surface area contributed by atoms with Gasteiger partial charge in [0.15, 0.2) is 0 Å². The molecule has 0 amide bonds. The molecule has 10 heteroatoms. The van der Waals surface area contributed by atoms with Crippen molar-refractivity contribution in [1.82, 2.24) is 9.03 Å². The van der Waals surface area contributed by atoms with E-state index in [1.54, 1.807) is 0 Å². The minimum Gasteiger partial charge on any atom is -1.00 e. The maximum atomic E-state index is 12.8. The van der Waals surface area contributed by atoms with Crippen LogP contribution in [0.5, 0.6) is 0 Å². The number of terminal acetylenes is 2. The largest absolute Gasteiger partial charge is 1.00 e. The van der Waals surface area contributed by atoms with E-state index in [9.17, 15) is 9.11 Å². The Morgan fingerprint density at radius 3 is 1.69 bits per heavy atom. The normalized spacial score (nSPS) is 13.0. The molecule has 0 aliphatic carbocycles. The summed E-state index contributed by atoms with van der Waals surface area (Å²) in [6, 6.07) is 15.6. The van der Waals surface area contributed by atoms with E-state index < -0.39 is 22.7 Å². The minimum atomic E-state index is -1.19. The summed E-state index contributed by atoms with van der Waals surface area (Å²) in [5, 5.41) is 0.660. The molecule has 0 radical (unpaired) electrons. The molecule has 0 saturated heterocycles. The number of benzene rings is 2. The van der Waals surface area contributed by atoms with E-state index in [0.29, 0.717) is 11.9 Å². The first-order valence-corrected chi connectivity index (χ1v) is 20.3. The Balaban J connectivity index is -0.000000755. The quantitative estimate of drug-likeness (QED) is 0.135. The number of alkyl halides is 1. The molecule has 48 heavy (non-hydrogen) atoms. The van der Waals surface area contributed by atoms with Gasteiger partial charge in [0.1, 0.15) is 28.1 Å². The molecule has 0 saturated carbocycles. The molecule has 2 aromatic rings. The molecular formula is C38H50Br3N2NaO2S2.